The number of hydrogen-bond donors (Lipinski definition) is 1. The van der Waals surface area contributed by atoms with E-state index in [-0.39, 0.29) is 0 Å². The van der Waals surface area contributed by atoms with Gasteiger partial charge in [-0.25, -0.2) is 0 Å². The molecule has 1 N–H and O–H groups in total. The van der Waals surface area contributed by atoms with Gasteiger partial charge in [-0.3, -0.25) is 4.99 Å². The van der Waals surface area contributed by atoms with Gasteiger partial charge in [-0.05, 0) is 56.7 Å². The highest BCUT2D eigenvalue weighted by atomic mass is 15.0. The summed E-state index contributed by atoms with van der Waals surface area (Å²) in [5.41, 5.74) is 5.15. The Morgan fingerprint density at radius 2 is 1.64 bits per heavy atom. The van der Waals surface area contributed by atoms with E-state index in [0.717, 1.165) is 25.3 Å². The van der Waals surface area contributed by atoms with Gasteiger partial charge in [0, 0.05) is 41.1 Å². The predicted octanol–water partition coefficient (Wildman–Crippen LogP) is 5.30. The molecule has 1 aliphatic rings. The Bertz CT molecular complexity index is 909. The summed E-state index contributed by atoms with van der Waals surface area (Å²) in [6.07, 6.45) is 3.56. The van der Waals surface area contributed by atoms with Crippen molar-refractivity contribution >= 4 is 22.3 Å². The molecule has 3 aromatic rings. The van der Waals surface area contributed by atoms with E-state index in [4.69, 9.17) is 4.99 Å². The lowest BCUT2D eigenvalue weighted by Crippen LogP contribution is -2.08. The third-order valence-electron chi connectivity index (χ3n) is 5.14. The molecule has 128 valence electrons. The van der Waals surface area contributed by atoms with Crippen LogP contribution in [-0.2, 0) is 6.54 Å². The van der Waals surface area contributed by atoms with Gasteiger partial charge in [0.05, 0.1) is 0 Å². The van der Waals surface area contributed by atoms with Gasteiger partial charge in [-0.2, -0.15) is 0 Å². The molecule has 0 amide bonds. The van der Waals surface area contributed by atoms with Crippen LogP contribution in [-0.4, -0.2) is 16.9 Å². The molecular weight excluding hydrogens is 306 g/mol. The number of aryl methyl sites for hydroxylation is 2. The van der Waals surface area contributed by atoms with Gasteiger partial charge in [-0.1, -0.05) is 30.3 Å². The molecule has 0 atom stereocenters. The van der Waals surface area contributed by atoms with Crippen LogP contribution in [0.3, 0.4) is 0 Å². The molecule has 0 radical (unpaired) electrons. The third kappa shape index (κ3) is 3.07. The van der Waals surface area contributed by atoms with Crippen LogP contribution in [0.5, 0.6) is 0 Å². The Labute approximate surface area is 149 Å². The maximum Gasteiger partial charge on any atom is 0.133 e. The first kappa shape index (κ1) is 15.9. The number of aromatic nitrogens is 1. The molecule has 0 aliphatic carbocycles. The van der Waals surface area contributed by atoms with Crippen LogP contribution in [0.25, 0.3) is 10.8 Å². The largest absolute Gasteiger partial charge is 0.349 e. The number of hydrogen-bond acceptors (Lipinski definition) is 1. The van der Waals surface area contributed by atoms with E-state index in [1.165, 1.54) is 46.3 Å². The van der Waals surface area contributed by atoms with E-state index >= 15 is 0 Å². The van der Waals surface area contributed by atoms with Crippen molar-refractivity contribution in [3.8, 4) is 0 Å². The topological polar surface area (TPSA) is 29.3 Å². The van der Waals surface area contributed by atoms with Crippen LogP contribution < -0.4 is 5.32 Å². The van der Waals surface area contributed by atoms with Crippen LogP contribution in [0.1, 0.15) is 36.2 Å². The molecule has 0 saturated carbocycles. The van der Waals surface area contributed by atoms with Gasteiger partial charge >= 0.3 is 0 Å². The summed E-state index contributed by atoms with van der Waals surface area (Å²) in [6, 6.07) is 17.2. The highest BCUT2D eigenvalue weighted by Crippen LogP contribution is 2.32. The zero-order chi connectivity index (χ0) is 17.2. The Hall–Kier alpha value is -2.55. The molecule has 0 spiro atoms. The second-order valence-electron chi connectivity index (χ2n) is 6.89. The van der Waals surface area contributed by atoms with Crippen molar-refractivity contribution in [1.29, 1.82) is 0 Å². The number of nitrogens with zero attached hydrogens (tertiary/aromatic N) is 2. The first-order valence-corrected chi connectivity index (χ1v) is 9.20. The molecule has 1 aliphatic heterocycles. The number of benzene rings is 2. The fourth-order valence-corrected chi connectivity index (χ4v) is 3.76. The number of aliphatic imine (C=N–C) groups is 1. The summed E-state index contributed by atoms with van der Waals surface area (Å²) < 4.78 is 2.40. The number of unbranched alkanes of at least 4 members (excludes halogenated alkanes) is 2. The van der Waals surface area contributed by atoms with Gasteiger partial charge in [0.25, 0.3) is 0 Å². The molecule has 3 heteroatoms. The molecule has 0 saturated heterocycles. The lowest BCUT2D eigenvalue weighted by Gasteiger charge is -2.08. The first-order chi connectivity index (χ1) is 12.2. The fraction of sp³-hybridized carbons (Fsp3) is 0.318. The Morgan fingerprint density at radius 3 is 2.44 bits per heavy atom. The van der Waals surface area contributed by atoms with Crippen molar-refractivity contribution in [3.05, 3.63) is 65.5 Å². The molecule has 1 aromatic heterocycles. The number of nitrogens with one attached hydrogen (secondary N) is 1. The molecule has 2 heterocycles. The summed E-state index contributed by atoms with van der Waals surface area (Å²) in [5.74, 6) is 1.03. The lowest BCUT2D eigenvalue weighted by molar-refractivity contribution is 0.576. The standard InChI is InChI=1S/C22H25N3/c1-16-12-13-17(2)25(16)15-5-3-4-14-23-22-19-10-6-8-18-9-7-11-20(24-22)21(18)19/h6-13H,3-5,14-15H2,1-2H3,(H,23,24). The van der Waals surface area contributed by atoms with Crippen LogP contribution in [0.4, 0.5) is 5.69 Å². The van der Waals surface area contributed by atoms with E-state index < -0.39 is 0 Å². The third-order valence-corrected chi connectivity index (χ3v) is 5.14. The van der Waals surface area contributed by atoms with Crippen molar-refractivity contribution in [2.24, 2.45) is 4.99 Å². The zero-order valence-corrected chi connectivity index (χ0v) is 15.0. The zero-order valence-electron chi connectivity index (χ0n) is 15.0. The summed E-state index contributed by atoms with van der Waals surface area (Å²) >= 11 is 0. The van der Waals surface area contributed by atoms with Crippen molar-refractivity contribution in [3.63, 3.8) is 0 Å². The Morgan fingerprint density at radius 1 is 0.880 bits per heavy atom. The normalized spacial score (nSPS) is 14.4. The molecular formula is C22H25N3. The van der Waals surface area contributed by atoms with E-state index in [1.54, 1.807) is 0 Å². The molecule has 25 heavy (non-hydrogen) atoms. The highest BCUT2D eigenvalue weighted by Gasteiger charge is 2.18. The number of rotatable bonds is 6. The van der Waals surface area contributed by atoms with Crippen molar-refractivity contribution in [1.82, 2.24) is 4.57 Å². The SMILES string of the molecule is Cc1ccc(C)n1CCCCCN=C1Nc2cccc3cccc1c23. The predicted molar refractivity (Wildman–Crippen MR) is 107 cm³/mol. The molecule has 0 unspecified atom stereocenters. The summed E-state index contributed by atoms with van der Waals surface area (Å²) in [6.45, 7) is 6.37. The van der Waals surface area contributed by atoms with Crippen molar-refractivity contribution < 1.29 is 0 Å². The monoisotopic (exact) mass is 331 g/mol. The summed E-state index contributed by atoms with van der Waals surface area (Å²) in [5, 5.41) is 6.07. The molecule has 4 rings (SSSR count). The Kier molecular flexibility index (Phi) is 4.31. The van der Waals surface area contributed by atoms with Gasteiger partial charge in [0.1, 0.15) is 5.84 Å². The first-order valence-electron chi connectivity index (χ1n) is 9.20. The average molecular weight is 331 g/mol. The maximum absolute atomic E-state index is 4.83. The molecule has 2 aromatic carbocycles. The quantitative estimate of drug-likeness (QED) is 0.610. The second-order valence-corrected chi connectivity index (χ2v) is 6.89. The van der Waals surface area contributed by atoms with Crippen LogP contribution in [0.2, 0.25) is 0 Å². The van der Waals surface area contributed by atoms with Crippen LogP contribution in [0.15, 0.2) is 53.5 Å². The average Bonchev–Trinajstić information content (AvgIpc) is 3.14. The van der Waals surface area contributed by atoms with Gasteiger partial charge in [0.2, 0.25) is 0 Å². The smallest absolute Gasteiger partial charge is 0.133 e. The van der Waals surface area contributed by atoms with Crippen LogP contribution >= 0.6 is 0 Å². The number of amidine groups is 1. The molecule has 0 bridgehead atoms. The van der Waals surface area contributed by atoms with Gasteiger partial charge < -0.3 is 9.88 Å². The van der Waals surface area contributed by atoms with Gasteiger partial charge in [0.15, 0.2) is 0 Å². The van der Waals surface area contributed by atoms with E-state index in [0.29, 0.717) is 0 Å². The minimum atomic E-state index is 0.885. The fourth-order valence-electron chi connectivity index (χ4n) is 3.76. The van der Waals surface area contributed by atoms with Crippen molar-refractivity contribution in [2.75, 3.05) is 11.9 Å². The van der Waals surface area contributed by atoms with Crippen molar-refractivity contribution in [2.45, 2.75) is 39.7 Å². The minimum Gasteiger partial charge on any atom is -0.349 e. The second kappa shape index (κ2) is 6.75. The number of anilines is 1. The lowest BCUT2D eigenvalue weighted by atomic mass is 10.1. The minimum absolute atomic E-state index is 0.885. The van der Waals surface area contributed by atoms with E-state index in [2.05, 4.69) is 72.3 Å². The van der Waals surface area contributed by atoms with Crippen LogP contribution in [0, 0.1) is 13.8 Å². The summed E-state index contributed by atoms with van der Waals surface area (Å²) in [4.78, 5) is 4.83. The van der Waals surface area contributed by atoms with Gasteiger partial charge in [-0.15, -0.1) is 0 Å². The van der Waals surface area contributed by atoms with E-state index in [1.807, 2.05) is 0 Å². The summed E-state index contributed by atoms with van der Waals surface area (Å²) in [7, 11) is 0. The highest BCUT2D eigenvalue weighted by molar-refractivity contribution is 6.25. The van der Waals surface area contributed by atoms with E-state index in [9.17, 15) is 0 Å². The Balaban J connectivity index is 1.33. The molecule has 3 nitrogen and oxygen atoms in total. The maximum atomic E-state index is 4.83. The molecule has 0 fully saturated rings.